The summed E-state index contributed by atoms with van der Waals surface area (Å²) in [6, 6.07) is 3.01. The van der Waals surface area contributed by atoms with Gasteiger partial charge in [-0.1, -0.05) is 20.8 Å². The van der Waals surface area contributed by atoms with E-state index in [1.54, 1.807) is 6.20 Å². The van der Waals surface area contributed by atoms with Gasteiger partial charge in [-0.3, -0.25) is 0 Å². The molecule has 0 atom stereocenters. The maximum atomic E-state index is 4.36. The van der Waals surface area contributed by atoms with E-state index in [1.807, 2.05) is 0 Å². The van der Waals surface area contributed by atoms with Crippen LogP contribution in [0.3, 0.4) is 0 Å². The molecule has 2 heteroatoms. The molecule has 2 nitrogen and oxygen atoms in total. The predicted octanol–water partition coefficient (Wildman–Crippen LogP) is 2.04. The molecule has 12 heavy (non-hydrogen) atoms. The fourth-order valence-electron chi connectivity index (χ4n) is 1.04. The third kappa shape index (κ3) is 2.61. The average molecular weight is 163 g/mol. The Balaban J connectivity index is 2.72. The van der Waals surface area contributed by atoms with Crippen molar-refractivity contribution in [3.8, 4) is 0 Å². The molecule has 65 valence electrons. The largest absolute Gasteiger partial charge is 0.241 e. The lowest BCUT2D eigenvalue weighted by Crippen LogP contribution is -2.02. The molecule has 0 saturated heterocycles. The van der Waals surface area contributed by atoms with Gasteiger partial charge in [0.2, 0.25) is 0 Å². The van der Waals surface area contributed by atoms with Crippen LogP contribution in [0.2, 0.25) is 0 Å². The maximum absolute atomic E-state index is 4.36. The van der Waals surface area contributed by atoms with Crippen molar-refractivity contribution in [3.63, 3.8) is 0 Å². The summed E-state index contributed by atoms with van der Waals surface area (Å²) in [5, 5.41) is 0. The topological polar surface area (TPSA) is 25.8 Å². The molecule has 0 amide bonds. The molecule has 0 unspecified atom stereocenters. The van der Waals surface area contributed by atoms with E-state index in [-0.39, 0.29) is 0 Å². The summed E-state index contributed by atoms with van der Waals surface area (Å²) in [4.78, 5) is 8.53. The van der Waals surface area contributed by atoms with Crippen LogP contribution in [0.5, 0.6) is 0 Å². The highest BCUT2D eigenvalue weighted by Gasteiger charge is 2.00. The molecular formula is C10H15N2. The van der Waals surface area contributed by atoms with Crippen LogP contribution in [-0.2, 0) is 12.8 Å². The highest BCUT2D eigenvalue weighted by molar-refractivity contribution is 5.00. The minimum atomic E-state index is 0.622. The van der Waals surface area contributed by atoms with Gasteiger partial charge in [-0.2, -0.15) is 0 Å². The molecule has 0 bridgehead atoms. The van der Waals surface area contributed by atoms with Crippen molar-refractivity contribution in [3.05, 3.63) is 23.8 Å². The van der Waals surface area contributed by atoms with Crippen molar-refractivity contribution in [1.29, 1.82) is 0 Å². The smallest absolute Gasteiger partial charge is 0.128 e. The molecule has 0 N–H and O–H groups in total. The van der Waals surface area contributed by atoms with Crippen LogP contribution in [0.15, 0.2) is 6.20 Å². The quantitative estimate of drug-likeness (QED) is 0.681. The normalized spacial score (nSPS) is 10.7. The summed E-state index contributed by atoms with van der Waals surface area (Å²) in [6.07, 6.45) is 3.62. The lowest BCUT2D eigenvalue weighted by molar-refractivity contribution is 0.617. The molecule has 1 heterocycles. The Kier molecular flexibility index (Phi) is 3.20. The molecule has 1 rings (SSSR count). The third-order valence-electron chi connectivity index (χ3n) is 1.63. The number of hydrogen-bond acceptors (Lipinski definition) is 2. The van der Waals surface area contributed by atoms with Crippen molar-refractivity contribution in [2.24, 2.45) is 5.92 Å². The molecule has 1 aromatic heterocycles. The summed E-state index contributed by atoms with van der Waals surface area (Å²) < 4.78 is 0. The van der Waals surface area contributed by atoms with Crippen LogP contribution in [0.25, 0.3) is 0 Å². The zero-order valence-electron chi connectivity index (χ0n) is 7.96. The first kappa shape index (κ1) is 9.17. The van der Waals surface area contributed by atoms with Crippen LogP contribution >= 0.6 is 0 Å². The predicted molar refractivity (Wildman–Crippen MR) is 48.8 cm³/mol. The number of rotatable bonds is 3. The van der Waals surface area contributed by atoms with Gasteiger partial charge in [0.1, 0.15) is 5.82 Å². The summed E-state index contributed by atoms with van der Waals surface area (Å²) in [6.45, 7) is 6.43. The number of nitrogens with zero attached hydrogens (tertiary/aromatic N) is 2. The molecule has 0 spiro atoms. The highest BCUT2D eigenvalue weighted by atomic mass is 14.9. The number of aromatic nitrogens is 2. The molecule has 0 aromatic carbocycles. The molecule has 0 fully saturated rings. The van der Waals surface area contributed by atoms with E-state index < -0.39 is 0 Å². The van der Waals surface area contributed by atoms with Gasteiger partial charge in [0.15, 0.2) is 0 Å². The van der Waals surface area contributed by atoms with Gasteiger partial charge >= 0.3 is 0 Å². The van der Waals surface area contributed by atoms with Gasteiger partial charge in [0, 0.05) is 18.7 Å². The Morgan fingerprint density at radius 3 is 2.83 bits per heavy atom. The Morgan fingerprint density at radius 1 is 1.50 bits per heavy atom. The summed E-state index contributed by atoms with van der Waals surface area (Å²) in [5.41, 5.74) is 1.01. The molecule has 0 aliphatic carbocycles. The second-order valence-corrected chi connectivity index (χ2v) is 3.33. The minimum Gasteiger partial charge on any atom is -0.241 e. The van der Waals surface area contributed by atoms with E-state index in [9.17, 15) is 0 Å². The van der Waals surface area contributed by atoms with E-state index in [4.69, 9.17) is 0 Å². The lowest BCUT2D eigenvalue weighted by Gasteiger charge is -2.03. The monoisotopic (exact) mass is 163 g/mol. The van der Waals surface area contributed by atoms with Crippen molar-refractivity contribution in [1.82, 2.24) is 9.97 Å². The number of aryl methyl sites for hydroxylation is 1. The standard InChI is InChI=1S/C10H15N2/c1-4-9-5-6-11-10(12-9)7-8(2)3/h6,8H,4,7H2,1-3H3. The van der Waals surface area contributed by atoms with Crippen molar-refractivity contribution >= 4 is 0 Å². The third-order valence-corrected chi connectivity index (χ3v) is 1.63. The second kappa shape index (κ2) is 4.19. The van der Waals surface area contributed by atoms with Crippen LogP contribution < -0.4 is 0 Å². The van der Waals surface area contributed by atoms with Gasteiger partial charge in [-0.05, 0) is 12.3 Å². The first-order valence-electron chi connectivity index (χ1n) is 4.44. The zero-order chi connectivity index (χ0) is 8.97. The maximum Gasteiger partial charge on any atom is 0.128 e. The van der Waals surface area contributed by atoms with Crippen LogP contribution in [0.4, 0.5) is 0 Å². The van der Waals surface area contributed by atoms with E-state index in [2.05, 4.69) is 36.8 Å². The van der Waals surface area contributed by atoms with E-state index >= 15 is 0 Å². The average Bonchev–Trinajstić information content (AvgIpc) is 2.03. The molecule has 0 saturated carbocycles. The molecule has 0 aliphatic rings. The molecular weight excluding hydrogens is 148 g/mol. The molecule has 1 radical (unpaired) electrons. The van der Waals surface area contributed by atoms with Gasteiger partial charge < -0.3 is 0 Å². The fraction of sp³-hybridized carbons (Fsp3) is 0.600. The zero-order valence-corrected chi connectivity index (χ0v) is 7.96. The van der Waals surface area contributed by atoms with E-state index in [1.165, 1.54) is 0 Å². The molecule has 0 aliphatic heterocycles. The van der Waals surface area contributed by atoms with Gasteiger partial charge in [0.25, 0.3) is 0 Å². The van der Waals surface area contributed by atoms with Crippen LogP contribution in [-0.4, -0.2) is 9.97 Å². The lowest BCUT2D eigenvalue weighted by atomic mass is 10.1. The van der Waals surface area contributed by atoms with Gasteiger partial charge in [-0.15, -0.1) is 0 Å². The summed E-state index contributed by atoms with van der Waals surface area (Å²) >= 11 is 0. The van der Waals surface area contributed by atoms with Crippen molar-refractivity contribution < 1.29 is 0 Å². The fourth-order valence-corrected chi connectivity index (χ4v) is 1.04. The van der Waals surface area contributed by atoms with Gasteiger partial charge in [-0.25, -0.2) is 9.97 Å². The van der Waals surface area contributed by atoms with Crippen molar-refractivity contribution in [2.45, 2.75) is 33.6 Å². The van der Waals surface area contributed by atoms with Gasteiger partial charge in [0.05, 0.1) is 5.69 Å². The summed E-state index contributed by atoms with van der Waals surface area (Å²) in [7, 11) is 0. The second-order valence-electron chi connectivity index (χ2n) is 3.33. The van der Waals surface area contributed by atoms with E-state index in [0.29, 0.717) is 5.92 Å². The Hall–Kier alpha value is -0.920. The first-order valence-corrected chi connectivity index (χ1v) is 4.44. The van der Waals surface area contributed by atoms with Crippen molar-refractivity contribution in [2.75, 3.05) is 0 Å². The Bertz CT molecular complexity index is 243. The van der Waals surface area contributed by atoms with Crippen LogP contribution in [0, 0.1) is 12.0 Å². The highest BCUT2D eigenvalue weighted by Crippen LogP contribution is 2.03. The summed E-state index contributed by atoms with van der Waals surface area (Å²) in [5.74, 6) is 1.57. The van der Waals surface area contributed by atoms with Crippen LogP contribution in [0.1, 0.15) is 32.3 Å². The first-order chi connectivity index (χ1) is 5.72. The van der Waals surface area contributed by atoms with E-state index in [0.717, 1.165) is 24.4 Å². The minimum absolute atomic E-state index is 0.622. The number of hydrogen-bond donors (Lipinski definition) is 0. The SMILES string of the molecule is CCc1[c]cnc(CC(C)C)n1. The Labute approximate surface area is 74.1 Å². The Morgan fingerprint density at radius 2 is 2.25 bits per heavy atom. The molecule has 1 aromatic rings.